The van der Waals surface area contributed by atoms with E-state index >= 15 is 0 Å². The Hall–Kier alpha value is -2.71. The molecule has 3 N–H and O–H groups in total. The summed E-state index contributed by atoms with van der Waals surface area (Å²) in [5.41, 5.74) is 5.94. The number of nitrogens with two attached hydrogens (primary N) is 1. The topological polar surface area (TPSA) is 103 Å². The highest BCUT2D eigenvalue weighted by Gasteiger charge is 2.15. The average molecular weight is 284 g/mol. The van der Waals surface area contributed by atoms with Crippen LogP contribution < -0.4 is 15.8 Å². The summed E-state index contributed by atoms with van der Waals surface area (Å²) in [7, 11) is 0. The number of nitrogens with zero attached hydrogens (tertiary/aromatic N) is 2. The first-order valence-electron chi connectivity index (χ1n) is 5.46. The standard InChI is InChI=1S/C11H10F2N4O3/c12-11(13)19-7-3-1-6(2-4-7)5-15-10(18)8-9(14)17-20-16-8/h1-4,11H,5H2,(H2,14,17)(H,15,18). The van der Waals surface area contributed by atoms with E-state index in [1.807, 2.05) is 0 Å². The van der Waals surface area contributed by atoms with Crippen molar-refractivity contribution >= 4 is 11.7 Å². The van der Waals surface area contributed by atoms with Gasteiger partial charge >= 0.3 is 6.61 Å². The molecule has 0 saturated heterocycles. The summed E-state index contributed by atoms with van der Waals surface area (Å²) in [4.78, 5) is 11.6. The van der Waals surface area contributed by atoms with E-state index in [4.69, 9.17) is 5.73 Å². The van der Waals surface area contributed by atoms with Gasteiger partial charge in [0.15, 0.2) is 0 Å². The Morgan fingerprint density at radius 2 is 2.05 bits per heavy atom. The highest BCUT2D eigenvalue weighted by atomic mass is 19.3. The number of rotatable bonds is 5. The summed E-state index contributed by atoms with van der Waals surface area (Å²) >= 11 is 0. The Morgan fingerprint density at radius 1 is 1.35 bits per heavy atom. The lowest BCUT2D eigenvalue weighted by atomic mass is 10.2. The van der Waals surface area contributed by atoms with Gasteiger partial charge in [-0.2, -0.15) is 8.78 Å². The van der Waals surface area contributed by atoms with E-state index in [9.17, 15) is 13.6 Å². The zero-order valence-electron chi connectivity index (χ0n) is 10.0. The van der Waals surface area contributed by atoms with Crippen molar-refractivity contribution in [3.8, 4) is 5.75 Å². The molecule has 0 atom stereocenters. The number of hydrogen-bond acceptors (Lipinski definition) is 6. The van der Waals surface area contributed by atoms with Crippen LogP contribution in [0.15, 0.2) is 28.9 Å². The zero-order chi connectivity index (χ0) is 14.5. The molecule has 0 radical (unpaired) electrons. The lowest BCUT2D eigenvalue weighted by molar-refractivity contribution is -0.0498. The number of hydrogen-bond donors (Lipinski definition) is 2. The van der Waals surface area contributed by atoms with Crippen LogP contribution in [0.5, 0.6) is 5.75 Å². The van der Waals surface area contributed by atoms with Crippen LogP contribution >= 0.6 is 0 Å². The van der Waals surface area contributed by atoms with Crippen LogP contribution in [-0.2, 0) is 6.54 Å². The minimum atomic E-state index is -2.87. The molecule has 1 amide bonds. The number of anilines is 1. The Kier molecular flexibility index (Phi) is 4.08. The van der Waals surface area contributed by atoms with Gasteiger partial charge in [-0.15, -0.1) is 0 Å². The first kappa shape index (κ1) is 13.7. The van der Waals surface area contributed by atoms with Gasteiger partial charge in [-0.3, -0.25) is 4.79 Å². The summed E-state index contributed by atoms with van der Waals surface area (Å²) in [6.45, 7) is -2.71. The van der Waals surface area contributed by atoms with Crippen LogP contribution in [0.1, 0.15) is 16.1 Å². The molecule has 1 aromatic heterocycles. The molecule has 0 unspecified atom stereocenters. The molecule has 0 fully saturated rings. The molecule has 20 heavy (non-hydrogen) atoms. The predicted molar refractivity (Wildman–Crippen MR) is 63.0 cm³/mol. The van der Waals surface area contributed by atoms with Crippen molar-refractivity contribution in [2.24, 2.45) is 0 Å². The van der Waals surface area contributed by atoms with E-state index in [0.29, 0.717) is 5.56 Å². The van der Waals surface area contributed by atoms with Gasteiger partial charge < -0.3 is 15.8 Å². The maximum atomic E-state index is 12.0. The van der Waals surface area contributed by atoms with Crippen LogP contribution in [0.25, 0.3) is 0 Å². The number of ether oxygens (including phenoxy) is 1. The third kappa shape index (κ3) is 3.40. The average Bonchev–Trinajstić information content (AvgIpc) is 2.83. The number of benzene rings is 1. The zero-order valence-corrected chi connectivity index (χ0v) is 10.0. The monoisotopic (exact) mass is 284 g/mol. The maximum Gasteiger partial charge on any atom is 0.387 e. The Balaban J connectivity index is 1.91. The molecule has 0 aliphatic rings. The van der Waals surface area contributed by atoms with Gasteiger partial charge in [0, 0.05) is 6.54 Å². The van der Waals surface area contributed by atoms with E-state index in [2.05, 4.69) is 25.0 Å². The lowest BCUT2D eigenvalue weighted by Gasteiger charge is -2.06. The summed E-state index contributed by atoms with van der Waals surface area (Å²) in [5.74, 6) is -0.611. The highest BCUT2D eigenvalue weighted by molar-refractivity contribution is 5.95. The first-order chi connectivity index (χ1) is 9.56. The Morgan fingerprint density at radius 3 is 2.60 bits per heavy atom. The molecule has 1 aromatic carbocycles. The number of nitrogens with one attached hydrogen (secondary N) is 1. The van der Waals surface area contributed by atoms with Crippen molar-refractivity contribution in [1.82, 2.24) is 15.6 Å². The molecule has 0 aliphatic heterocycles. The Bertz CT molecular complexity index is 586. The van der Waals surface area contributed by atoms with Gasteiger partial charge in [0.25, 0.3) is 5.91 Å². The highest BCUT2D eigenvalue weighted by Crippen LogP contribution is 2.15. The van der Waals surface area contributed by atoms with E-state index in [1.54, 1.807) is 12.1 Å². The normalized spacial score (nSPS) is 10.6. The molecule has 0 aliphatic carbocycles. The third-order valence-corrected chi connectivity index (χ3v) is 2.33. The summed E-state index contributed by atoms with van der Waals surface area (Å²) < 4.78 is 32.4. The number of nitrogen functional groups attached to an aromatic ring is 1. The summed E-state index contributed by atoms with van der Waals surface area (Å²) in [6.07, 6.45) is 0. The minimum Gasteiger partial charge on any atom is -0.435 e. The minimum absolute atomic E-state index is 0.0417. The molecule has 7 nitrogen and oxygen atoms in total. The molecule has 9 heteroatoms. The summed E-state index contributed by atoms with van der Waals surface area (Å²) in [5, 5.41) is 9.16. The molecule has 2 rings (SSSR count). The molecule has 106 valence electrons. The largest absolute Gasteiger partial charge is 0.435 e. The molecular weight excluding hydrogens is 274 g/mol. The van der Waals surface area contributed by atoms with Gasteiger partial charge in [-0.25, -0.2) is 4.63 Å². The van der Waals surface area contributed by atoms with Gasteiger partial charge in [0.05, 0.1) is 0 Å². The number of halogens is 2. The number of amides is 1. The molecule has 0 spiro atoms. The van der Waals surface area contributed by atoms with Crippen LogP contribution in [0.2, 0.25) is 0 Å². The van der Waals surface area contributed by atoms with E-state index < -0.39 is 12.5 Å². The fraction of sp³-hybridized carbons (Fsp3) is 0.182. The van der Waals surface area contributed by atoms with E-state index in [-0.39, 0.29) is 23.8 Å². The second-order valence-corrected chi connectivity index (χ2v) is 3.70. The van der Waals surface area contributed by atoms with Crippen LogP contribution in [0.4, 0.5) is 14.6 Å². The predicted octanol–water partition coefficient (Wildman–Crippen LogP) is 1.18. The number of alkyl halides is 2. The van der Waals surface area contributed by atoms with Crippen molar-refractivity contribution in [3.63, 3.8) is 0 Å². The van der Waals surface area contributed by atoms with Gasteiger partial charge in [0.1, 0.15) is 5.75 Å². The van der Waals surface area contributed by atoms with Crippen molar-refractivity contribution < 1.29 is 22.9 Å². The van der Waals surface area contributed by atoms with Crippen molar-refractivity contribution in [1.29, 1.82) is 0 Å². The SMILES string of the molecule is Nc1nonc1C(=O)NCc1ccc(OC(F)F)cc1. The van der Waals surface area contributed by atoms with Gasteiger partial charge in [-0.05, 0) is 28.0 Å². The van der Waals surface area contributed by atoms with Crippen LogP contribution in [-0.4, -0.2) is 22.8 Å². The lowest BCUT2D eigenvalue weighted by Crippen LogP contribution is -2.24. The fourth-order valence-electron chi connectivity index (χ4n) is 1.41. The van der Waals surface area contributed by atoms with Crippen molar-refractivity contribution in [2.75, 3.05) is 5.73 Å². The Labute approximate surface area is 111 Å². The molecule has 0 bridgehead atoms. The second-order valence-electron chi connectivity index (χ2n) is 3.70. The van der Waals surface area contributed by atoms with Gasteiger partial charge in [-0.1, -0.05) is 12.1 Å². The van der Waals surface area contributed by atoms with E-state index in [1.165, 1.54) is 12.1 Å². The number of aromatic nitrogens is 2. The van der Waals surface area contributed by atoms with Crippen molar-refractivity contribution in [3.05, 3.63) is 35.5 Å². The number of carbonyl (C=O) groups excluding carboxylic acids is 1. The third-order valence-electron chi connectivity index (χ3n) is 2.33. The molecule has 1 heterocycles. The van der Waals surface area contributed by atoms with Gasteiger partial charge in [0.2, 0.25) is 11.5 Å². The molecule has 0 saturated carbocycles. The quantitative estimate of drug-likeness (QED) is 0.854. The number of carbonyl (C=O) groups is 1. The molecular formula is C11H10F2N4O3. The summed E-state index contributed by atoms with van der Waals surface area (Å²) in [6, 6.07) is 5.84. The second kappa shape index (κ2) is 5.95. The fourth-order valence-corrected chi connectivity index (χ4v) is 1.41. The van der Waals surface area contributed by atoms with E-state index in [0.717, 1.165) is 0 Å². The van der Waals surface area contributed by atoms with Crippen LogP contribution in [0, 0.1) is 0 Å². The maximum absolute atomic E-state index is 12.0. The van der Waals surface area contributed by atoms with Crippen LogP contribution in [0.3, 0.4) is 0 Å². The van der Waals surface area contributed by atoms with Crippen molar-refractivity contribution in [2.45, 2.75) is 13.2 Å². The molecule has 2 aromatic rings. The smallest absolute Gasteiger partial charge is 0.387 e. The first-order valence-corrected chi connectivity index (χ1v) is 5.46.